The third-order valence-corrected chi connectivity index (χ3v) is 5.32. The van der Waals surface area contributed by atoms with E-state index in [4.69, 9.17) is 9.84 Å². The Balaban J connectivity index is 1.60. The van der Waals surface area contributed by atoms with Gasteiger partial charge in [-0.3, -0.25) is 19.8 Å². The topological polar surface area (TPSA) is 123 Å². The number of ether oxygens (including phenoxy) is 1. The number of anilines is 1. The van der Waals surface area contributed by atoms with Crippen molar-refractivity contribution in [1.29, 1.82) is 0 Å². The second-order valence-corrected chi connectivity index (χ2v) is 7.20. The Morgan fingerprint density at radius 3 is 2.25 bits per heavy atom. The molecule has 0 unspecified atom stereocenters. The first-order chi connectivity index (χ1) is 15.5. The molecule has 9 heteroatoms. The lowest BCUT2D eigenvalue weighted by Gasteiger charge is -2.22. The van der Waals surface area contributed by atoms with Gasteiger partial charge in [0.1, 0.15) is 6.61 Å². The van der Waals surface area contributed by atoms with Crippen LogP contribution in [0.4, 0.5) is 16.3 Å². The molecular weight excluding hydrogens is 414 g/mol. The number of benzene rings is 2. The first-order valence-corrected chi connectivity index (χ1v) is 9.91. The van der Waals surface area contributed by atoms with E-state index in [1.165, 1.54) is 18.3 Å². The van der Waals surface area contributed by atoms with Crippen LogP contribution in [0.5, 0.6) is 0 Å². The first kappa shape index (κ1) is 21.0. The van der Waals surface area contributed by atoms with Crippen molar-refractivity contribution in [3.63, 3.8) is 0 Å². The lowest BCUT2D eigenvalue weighted by Crippen LogP contribution is -2.35. The summed E-state index contributed by atoms with van der Waals surface area (Å²) in [5.41, 5.74) is 3.75. The molecule has 162 valence electrons. The van der Waals surface area contributed by atoms with E-state index in [1.807, 2.05) is 48.5 Å². The molecule has 2 aromatic carbocycles. The lowest BCUT2D eigenvalue weighted by atomic mass is 9.98. The van der Waals surface area contributed by atoms with Crippen molar-refractivity contribution < 1.29 is 24.4 Å². The van der Waals surface area contributed by atoms with Gasteiger partial charge in [0.25, 0.3) is 0 Å². The quantitative estimate of drug-likeness (QED) is 0.437. The van der Waals surface area contributed by atoms with Gasteiger partial charge in [0.2, 0.25) is 5.82 Å². The normalized spacial score (nSPS) is 12.0. The van der Waals surface area contributed by atoms with E-state index in [-0.39, 0.29) is 24.9 Å². The van der Waals surface area contributed by atoms with E-state index >= 15 is 0 Å². The van der Waals surface area contributed by atoms with Crippen LogP contribution in [0.1, 0.15) is 23.5 Å². The summed E-state index contributed by atoms with van der Waals surface area (Å²) >= 11 is 0. The molecule has 0 saturated carbocycles. The van der Waals surface area contributed by atoms with E-state index in [1.54, 1.807) is 0 Å². The fourth-order valence-corrected chi connectivity index (χ4v) is 3.90. The Labute approximate surface area is 183 Å². The molecule has 0 radical (unpaired) electrons. The van der Waals surface area contributed by atoms with Crippen LogP contribution in [-0.2, 0) is 9.53 Å². The molecule has 1 amide bonds. The van der Waals surface area contributed by atoms with Crippen LogP contribution < -0.4 is 4.90 Å². The number of carbonyl (C=O) groups is 2. The van der Waals surface area contributed by atoms with Gasteiger partial charge in [0, 0.05) is 24.7 Å². The highest BCUT2D eigenvalue weighted by atomic mass is 16.6. The van der Waals surface area contributed by atoms with Crippen molar-refractivity contribution in [2.75, 3.05) is 18.1 Å². The van der Waals surface area contributed by atoms with Gasteiger partial charge in [-0.15, -0.1) is 0 Å². The minimum Gasteiger partial charge on any atom is -0.481 e. The van der Waals surface area contributed by atoms with Crippen molar-refractivity contribution in [3.05, 3.63) is 88.1 Å². The van der Waals surface area contributed by atoms with E-state index in [0.717, 1.165) is 27.2 Å². The molecule has 0 fully saturated rings. The number of carboxylic acid groups (broad SMARTS) is 1. The van der Waals surface area contributed by atoms with E-state index < -0.39 is 29.1 Å². The van der Waals surface area contributed by atoms with Crippen molar-refractivity contribution in [2.45, 2.75) is 12.3 Å². The van der Waals surface area contributed by atoms with Gasteiger partial charge in [-0.05, 0) is 28.3 Å². The second-order valence-electron chi connectivity index (χ2n) is 7.20. The number of aromatic nitrogens is 1. The van der Waals surface area contributed by atoms with Crippen LogP contribution in [0.3, 0.4) is 0 Å². The number of pyridine rings is 1. The molecule has 3 aromatic rings. The smallest absolute Gasteiger partial charge is 0.415 e. The molecule has 9 nitrogen and oxygen atoms in total. The molecule has 1 N–H and O–H groups in total. The zero-order chi connectivity index (χ0) is 22.7. The van der Waals surface area contributed by atoms with E-state index in [0.29, 0.717) is 0 Å². The van der Waals surface area contributed by atoms with Gasteiger partial charge in [0.05, 0.1) is 11.3 Å². The van der Waals surface area contributed by atoms with Gasteiger partial charge in [-0.2, -0.15) is 0 Å². The zero-order valence-electron chi connectivity index (χ0n) is 16.9. The summed E-state index contributed by atoms with van der Waals surface area (Å²) in [7, 11) is 0. The summed E-state index contributed by atoms with van der Waals surface area (Å²) in [5.74, 6) is -1.61. The van der Waals surface area contributed by atoms with Gasteiger partial charge in [-0.1, -0.05) is 48.5 Å². The van der Waals surface area contributed by atoms with E-state index in [2.05, 4.69) is 4.98 Å². The Morgan fingerprint density at radius 1 is 1.03 bits per heavy atom. The third-order valence-electron chi connectivity index (χ3n) is 5.32. The van der Waals surface area contributed by atoms with Crippen LogP contribution in [0.25, 0.3) is 11.1 Å². The molecule has 1 aromatic heterocycles. The van der Waals surface area contributed by atoms with E-state index in [9.17, 15) is 19.7 Å². The molecule has 32 heavy (non-hydrogen) atoms. The van der Waals surface area contributed by atoms with Gasteiger partial charge in [-0.25, -0.2) is 9.78 Å². The molecule has 0 spiro atoms. The first-order valence-electron chi connectivity index (χ1n) is 9.91. The van der Waals surface area contributed by atoms with Crippen molar-refractivity contribution in [2.24, 2.45) is 0 Å². The maximum Gasteiger partial charge on any atom is 0.415 e. The number of fused-ring (bicyclic) bond motifs is 3. The number of hydrogen-bond acceptors (Lipinski definition) is 6. The average Bonchev–Trinajstić information content (AvgIpc) is 3.11. The van der Waals surface area contributed by atoms with Crippen LogP contribution >= 0.6 is 0 Å². The van der Waals surface area contributed by atoms with Crippen molar-refractivity contribution >= 4 is 23.6 Å². The highest BCUT2D eigenvalue weighted by Gasteiger charge is 2.32. The van der Waals surface area contributed by atoms with Crippen molar-refractivity contribution in [1.82, 2.24) is 4.98 Å². The number of nitro groups is 1. The summed E-state index contributed by atoms with van der Waals surface area (Å²) in [6.45, 7) is -0.319. The summed E-state index contributed by atoms with van der Waals surface area (Å²) in [6, 6.07) is 18.2. The van der Waals surface area contributed by atoms with Gasteiger partial charge in [0.15, 0.2) is 0 Å². The number of nitrogens with zero attached hydrogens (tertiary/aromatic N) is 3. The van der Waals surface area contributed by atoms with Crippen LogP contribution in [0.15, 0.2) is 66.9 Å². The number of hydrogen-bond donors (Lipinski definition) is 1. The maximum atomic E-state index is 13.0. The number of amides is 1. The number of rotatable bonds is 7. The second kappa shape index (κ2) is 8.84. The Morgan fingerprint density at radius 2 is 1.66 bits per heavy atom. The Bertz CT molecular complexity index is 1150. The minimum absolute atomic E-state index is 0.00291. The third kappa shape index (κ3) is 4.00. The molecule has 0 saturated heterocycles. The Hall–Kier alpha value is -4.27. The standard InChI is InChI=1S/C23H19N3O6/c27-21(28)11-13-25(22-20(26(30)31)10-5-12-24-22)23(29)32-14-19-17-8-3-1-6-15(17)16-7-2-4-9-18(16)19/h1-10,12,19H,11,13-14H2,(H,27,28). The molecule has 0 bridgehead atoms. The molecule has 1 aliphatic carbocycles. The molecule has 0 aliphatic heterocycles. The fourth-order valence-electron chi connectivity index (χ4n) is 3.90. The van der Waals surface area contributed by atoms with Crippen LogP contribution in [0, 0.1) is 10.1 Å². The lowest BCUT2D eigenvalue weighted by molar-refractivity contribution is -0.384. The fraction of sp³-hybridized carbons (Fsp3) is 0.174. The number of carbonyl (C=O) groups excluding carboxylic acids is 1. The Kier molecular flexibility index (Phi) is 5.80. The molecular formula is C23H19N3O6. The summed E-state index contributed by atoms with van der Waals surface area (Å²) in [4.78, 5) is 39.6. The molecule has 1 heterocycles. The number of carboxylic acids is 1. The zero-order valence-corrected chi connectivity index (χ0v) is 16.9. The predicted molar refractivity (Wildman–Crippen MR) is 116 cm³/mol. The number of aliphatic carboxylic acids is 1. The van der Waals surface area contributed by atoms with Crippen LogP contribution in [-0.4, -0.2) is 40.2 Å². The van der Waals surface area contributed by atoms with Gasteiger partial charge < -0.3 is 9.84 Å². The van der Waals surface area contributed by atoms with Gasteiger partial charge >= 0.3 is 17.7 Å². The summed E-state index contributed by atoms with van der Waals surface area (Å²) < 4.78 is 5.55. The average molecular weight is 433 g/mol. The van der Waals surface area contributed by atoms with Crippen molar-refractivity contribution in [3.8, 4) is 11.1 Å². The maximum absolute atomic E-state index is 13.0. The van der Waals surface area contributed by atoms with Crippen LogP contribution in [0.2, 0.25) is 0 Å². The highest BCUT2D eigenvalue weighted by Crippen LogP contribution is 2.44. The monoisotopic (exact) mass is 433 g/mol. The molecule has 0 atom stereocenters. The summed E-state index contributed by atoms with van der Waals surface area (Å²) in [5, 5.41) is 20.5. The minimum atomic E-state index is -1.15. The highest BCUT2D eigenvalue weighted by molar-refractivity contribution is 5.90. The predicted octanol–water partition coefficient (Wildman–Crippen LogP) is 4.22. The molecule has 1 aliphatic rings. The molecule has 4 rings (SSSR count). The largest absolute Gasteiger partial charge is 0.481 e. The summed E-state index contributed by atoms with van der Waals surface area (Å²) in [6.07, 6.45) is -0.0139. The SMILES string of the molecule is O=C(O)CCN(C(=O)OCC1c2ccccc2-c2ccccc21)c1ncccc1[N+](=O)[O-].